The van der Waals surface area contributed by atoms with Gasteiger partial charge in [0.2, 0.25) is 0 Å². The van der Waals surface area contributed by atoms with Crippen molar-refractivity contribution >= 4 is 17.4 Å². The van der Waals surface area contributed by atoms with Gasteiger partial charge in [0.05, 0.1) is 0 Å². The normalized spacial score (nSPS) is 10.5. The number of halogens is 1. The van der Waals surface area contributed by atoms with E-state index in [9.17, 15) is 4.79 Å². The molecule has 0 unspecified atom stereocenters. The molecule has 0 aliphatic rings. The van der Waals surface area contributed by atoms with Gasteiger partial charge in [0, 0.05) is 16.1 Å². The minimum absolute atomic E-state index is 0.0443. The molecule has 2 aromatic carbocycles. The minimum atomic E-state index is 0.0443. The highest BCUT2D eigenvalue weighted by molar-refractivity contribution is 6.31. The fraction of sp³-hybridized carbons (Fsp3) is 0.235. The van der Waals surface area contributed by atoms with Crippen molar-refractivity contribution in [3.05, 3.63) is 69.7 Å². The van der Waals surface area contributed by atoms with Gasteiger partial charge in [-0.25, -0.2) is 0 Å². The summed E-state index contributed by atoms with van der Waals surface area (Å²) in [7, 11) is 0. The van der Waals surface area contributed by atoms with Crippen molar-refractivity contribution in [3.8, 4) is 0 Å². The van der Waals surface area contributed by atoms with E-state index in [2.05, 4.69) is 6.92 Å². The van der Waals surface area contributed by atoms with E-state index in [1.165, 1.54) is 5.56 Å². The second kappa shape index (κ2) is 6.03. The average Bonchev–Trinajstić information content (AvgIpc) is 2.42. The predicted molar refractivity (Wildman–Crippen MR) is 80.1 cm³/mol. The zero-order valence-corrected chi connectivity index (χ0v) is 12.0. The van der Waals surface area contributed by atoms with Crippen LogP contribution >= 0.6 is 11.6 Å². The number of carbonyl (C=O) groups excluding carboxylic acids is 1. The first kappa shape index (κ1) is 13.8. The number of benzene rings is 2. The molecule has 0 amide bonds. The maximum atomic E-state index is 12.3. The van der Waals surface area contributed by atoms with Gasteiger partial charge < -0.3 is 0 Å². The van der Waals surface area contributed by atoms with E-state index in [4.69, 9.17) is 11.6 Å². The first-order valence-electron chi connectivity index (χ1n) is 6.51. The molecule has 0 aliphatic heterocycles. The molecule has 0 bridgehead atoms. The molecule has 2 rings (SSSR count). The Hall–Kier alpha value is -1.60. The molecular formula is C17H17ClO. The van der Waals surface area contributed by atoms with Crippen LogP contribution in [0.3, 0.4) is 0 Å². The lowest BCUT2D eigenvalue weighted by atomic mass is 10.00. The molecule has 19 heavy (non-hydrogen) atoms. The standard InChI is InChI=1S/C17H17ClO/c1-3-4-13-5-7-14(8-6-13)17(19)15-9-10-16(18)12(2)11-15/h5-11H,3-4H2,1-2H3. The van der Waals surface area contributed by atoms with Crippen LogP contribution in [0.4, 0.5) is 0 Å². The molecule has 2 heteroatoms. The van der Waals surface area contributed by atoms with E-state index in [0.717, 1.165) is 24.0 Å². The Balaban J connectivity index is 2.25. The quantitative estimate of drug-likeness (QED) is 0.729. The summed E-state index contributed by atoms with van der Waals surface area (Å²) in [5.74, 6) is 0.0443. The minimum Gasteiger partial charge on any atom is -0.289 e. The number of ketones is 1. The Labute approximate surface area is 119 Å². The van der Waals surface area contributed by atoms with Gasteiger partial charge >= 0.3 is 0 Å². The number of aryl methyl sites for hydroxylation is 2. The highest BCUT2D eigenvalue weighted by Crippen LogP contribution is 2.19. The lowest BCUT2D eigenvalue weighted by molar-refractivity contribution is 0.103. The smallest absolute Gasteiger partial charge is 0.193 e. The molecule has 0 saturated heterocycles. The van der Waals surface area contributed by atoms with Crippen LogP contribution in [-0.2, 0) is 6.42 Å². The van der Waals surface area contributed by atoms with Gasteiger partial charge in [-0.1, -0.05) is 49.2 Å². The van der Waals surface area contributed by atoms with Crippen molar-refractivity contribution in [1.29, 1.82) is 0 Å². The fourth-order valence-corrected chi connectivity index (χ4v) is 2.18. The van der Waals surface area contributed by atoms with Gasteiger partial charge in [0.1, 0.15) is 0 Å². The van der Waals surface area contributed by atoms with E-state index in [-0.39, 0.29) is 5.78 Å². The summed E-state index contributed by atoms with van der Waals surface area (Å²) in [6, 6.07) is 13.2. The van der Waals surface area contributed by atoms with E-state index < -0.39 is 0 Å². The highest BCUT2D eigenvalue weighted by Gasteiger charge is 2.10. The second-order valence-corrected chi connectivity index (χ2v) is 5.15. The predicted octanol–water partition coefficient (Wildman–Crippen LogP) is 4.83. The monoisotopic (exact) mass is 272 g/mol. The zero-order valence-electron chi connectivity index (χ0n) is 11.2. The van der Waals surface area contributed by atoms with E-state index >= 15 is 0 Å². The Kier molecular flexibility index (Phi) is 4.39. The van der Waals surface area contributed by atoms with Crippen LogP contribution in [0.5, 0.6) is 0 Å². The van der Waals surface area contributed by atoms with Gasteiger partial charge in [-0.15, -0.1) is 0 Å². The molecule has 0 aliphatic carbocycles. The SMILES string of the molecule is CCCc1ccc(C(=O)c2ccc(Cl)c(C)c2)cc1. The Morgan fingerprint density at radius 1 is 1.05 bits per heavy atom. The maximum Gasteiger partial charge on any atom is 0.193 e. The van der Waals surface area contributed by atoms with Crippen LogP contribution in [0.1, 0.15) is 40.4 Å². The molecule has 98 valence electrons. The number of carbonyl (C=O) groups is 1. The van der Waals surface area contributed by atoms with Crippen LogP contribution in [0.15, 0.2) is 42.5 Å². The number of rotatable bonds is 4. The zero-order chi connectivity index (χ0) is 13.8. The second-order valence-electron chi connectivity index (χ2n) is 4.74. The first-order valence-corrected chi connectivity index (χ1v) is 6.89. The third kappa shape index (κ3) is 3.24. The molecule has 0 aromatic heterocycles. The topological polar surface area (TPSA) is 17.1 Å². The third-order valence-corrected chi connectivity index (χ3v) is 3.60. The fourth-order valence-electron chi connectivity index (χ4n) is 2.06. The molecule has 0 fully saturated rings. The number of hydrogen-bond donors (Lipinski definition) is 0. The molecule has 1 nitrogen and oxygen atoms in total. The summed E-state index contributed by atoms with van der Waals surface area (Å²) < 4.78 is 0. The first-order chi connectivity index (χ1) is 9.11. The summed E-state index contributed by atoms with van der Waals surface area (Å²) in [6.07, 6.45) is 2.16. The van der Waals surface area contributed by atoms with Crippen molar-refractivity contribution in [3.63, 3.8) is 0 Å². The van der Waals surface area contributed by atoms with Crippen molar-refractivity contribution in [2.45, 2.75) is 26.7 Å². The van der Waals surface area contributed by atoms with Crippen molar-refractivity contribution in [2.24, 2.45) is 0 Å². The van der Waals surface area contributed by atoms with Crippen LogP contribution < -0.4 is 0 Å². The maximum absolute atomic E-state index is 12.3. The van der Waals surface area contributed by atoms with Gasteiger partial charge in [-0.3, -0.25) is 4.79 Å². The molecule has 2 aromatic rings. The van der Waals surface area contributed by atoms with Gasteiger partial charge in [-0.2, -0.15) is 0 Å². The van der Waals surface area contributed by atoms with Crippen LogP contribution in [0.25, 0.3) is 0 Å². The average molecular weight is 273 g/mol. The van der Waals surface area contributed by atoms with Gasteiger partial charge in [0.25, 0.3) is 0 Å². The van der Waals surface area contributed by atoms with Gasteiger partial charge in [-0.05, 0) is 42.7 Å². The molecule has 0 atom stereocenters. The molecule has 0 spiro atoms. The lowest BCUT2D eigenvalue weighted by Crippen LogP contribution is -2.01. The van der Waals surface area contributed by atoms with E-state index in [1.807, 2.05) is 37.3 Å². The molecule has 0 N–H and O–H groups in total. The van der Waals surface area contributed by atoms with Crippen LogP contribution in [-0.4, -0.2) is 5.78 Å². The van der Waals surface area contributed by atoms with Gasteiger partial charge in [0.15, 0.2) is 5.78 Å². The number of hydrogen-bond acceptors (Lipinski definition) is 1. The third-order valence-electron chi connectivity index (χ3n) is 3.17. The highest BCUT2D eigenvalue weighted by atomic mass is 35.5. The van der Waals surface area contributed by atoms with E-state index in [0.29, 0.717) is 10.6 Å². The van der Waals surface area contributed by atoms with E-state index in [1.54, 1.807) is 12.1 Å². The van der Waals surface area contributed by atoms with Crippen molar-refractivity contribution in [1.82, 2.24) is 0 Å². The largest absolute Gasteiger partial charge is 0.289 e. The summed E-state index contributed by atoms with van der Waals surface area (Å²) in [6.45, 7) is 4.05. The summed E-state index contributed by atoms with van der Waals surface area (Å²) in [5, 5.41) is 0.690. The Morgan fingerprint density at radius 3 is 2.26 bits per heavy atom. The molecule has 0 radical (unpaired) electrons. The summed E-state index contributed by atoms with van der Waals surface area (Å²) in [5.41, 5.74) is 3.60. The van der Waals surface area contributed by atoms with Crippen molar-refractivity contribution < 1.29 is 4.79 Å². The van der Waals surface area contributed by atoms with Crippen LogP contribution in [0, 0.1) is 6.92 Å². The summed E-state index contributed by atoms with van der Waals surface area (Å²) in [4.78, 5) is 12.3. The molecular weight excluding hydrogens is 256 g/mol. The summed E-state index contributed by atoms with van der Waals surface area (Å²) >= 11 is 5.98. The lowest BCUT2D eigenvalue weighted by Gasteiger charge is -2.05. The molecule has 0 saturated carbocycles. The van der Waals surface area contributed by atoms with Crippen molar-refractivity contribution in [2.75, 3.05) is 0 Å². The Morgan fingerprint density at radius 2 is 1.68 bits per heavy atom. The Bertz CT molecular complexity index is 585. The molecule has 0 heterocycles. The van der Waals surface area contributed by atoms with Crippen LogP contribution in [0.2, 0.25) is 5.02 Å².